The van der Waals surface area contributed by atoms with E-state index in [4.69, 9.17) is 4.74 Å². The molecule has 0 unspecified atom stereocenters. The minimum atomic E-state index is -0.271. The van der Waals surface area contributed by atoms with Crippen LogP contribution < -0.4 is 15.4 Å². The van der Waals surface area contributed by atoms with Crippen molar-refractivity contribution in [3.05, 3.63) is 58.7 Å². The molecule has 2 aromatic carbocycles. The summed E-state index contributed by atoms with van der Waals surface area (Å²) in [5.74, 6) is 0.266. The number of amides is 2. The van der Waals surface area contributed by atoms with Crippen molar-refractivity contribution in [2.75, 3.05) is 19.0 Å². The zero-order valence-corrected chi connectivity index (χ0v) is 16.7. The summed E-state index contributed by atoms with van der Waals surface area (Å²) in [5, 5.41) is 6.41. The van der Waals surface area contributed by atoms with Gasteiger partial charge in [-0.05, 0) is 55.0 Å². The maximum Gasteiger partial charge on any atom is 0.243 e. The smallest absolute Gasteiger partial charge is 0.243 e. The Morgan fingerprint density at radius 2 is 1.93 bits per heavy atom. The molecule has 0 bridgehead atoms. The van der Waals surface area contributed by atoms with Gasteiger partial charge in [0, 0.05) is 27.3 Å². The highest BCUT2D eigenvalue weighted by atomic mass is 79.9. The second kappa shape index (κ2) is 8.26. The van der Waals surface area contributed by atoms with E-state index in [0.717, 1.165) is 26.7 Å². The molecule has 7 heteroatoms. The minimum absolute atomic E-state index is 0.0824. The molecule has 0 saturated carbocycles. The molecule has 0 spiro atoms. The average molecular weight is 430 g/mol. The number of aryl methyl sites for hydroxylation is 1. The van der Waals surface area contributed by atoms with E-state index in [0.29, 0.717) is 5.69 Å². The topological polar surface area (TPSA) is 72.4 Å². The number of fused-ring (bicyclic) bond motifs is 1. The van der Waals surface area contributed by atoms with Gasteiger partial charge in [0.15, 0.2) is 0 Å². The van der Waals surface area contributed by atoms with Crippen LogP contribution in [0.4, 0.5) is 5.69 Å². The van der Waals surface area contributed by atoms with Gasteiger partial charge >= 0.3 is 0 Å². The highest BCUT2D eigenvalue weighted by molar-refractivity contribution is 9.10. The molecule has 0 aliphatic rings. The first-order valence-electron chi connectivity index (χ1n) is 8.42. The van der Waals surface area contributed by atoms with E-state index in [-0.39, 0.29) is 24.9 Å². The summed E-state index contributed by atoms with van der Waals surface area (Å²) >= 11 is 3.42. The van der Waals surface area contributed by atoms with Gasteiger partial charge in [-0.25, -0.2) is 0 Å². The Bertz CT molecular complexity index is 997. The lowest BCUT2D eigenvalue weighted by Gasteiger charge is -2.09. The molecule has 3 rings (SSSR count). The van der Waals surface area contributed by atoms with Gasteiger partial charge in [0.2, 0.25) is 11.8 Å². The van der Waals surface area contributed by atoms with Crippen molar-refractivity contribution in [1.29, 1.82) is 0 Å². The van der Waals surface area contributed by atoms with Crippen LogP contribution in [0.1, 0.15) is 5.56 Å². The molecule has 140 valence electrons. The first kappa shape index (κ1) is 19.0. The number of benzene rings is 2. The Labute approximate surface area is 165 Å². The van der Waals surface area contributed by atoms with Crippen molar-refractivity contribution >= 4 is 44.3 Å². The van der Waals surface area contributed by atoms with E-state index in [2.05, 4.69) is 26.6 Å². The van der Waals surface area contributed by atoms with E-state index in [1.165, 1.54) is 0 Å². The van der Waals surface area contributed by atoms with E-state index in [1.807, 2.05) is 54.1 Å². The number of nitrogens with one attached hydrogen (secondary N) is 2. The number of aromatic nitrogens is 1. The Morgan fingerprint density at radius 3 is 2.67 bits per heavy atom. The number of carbonyl (C=O) groups is 2. The third-order valence-corrected chi connectivity index (χ3v) is 5.07. The van der Waals surface area contributed by atoms with Gasteiger partial charge < -0.3 is 19.9 Å². The molecule has 2 amide bonds. The molecule has 1 aromatic heterocycles. The summed E-state index contributed by atoms with van der Waals surface area (Å²) in [5.41, 5.74) is 2.65. The number of carbonyl (C=O) groups excluding carboxylic acids is 2. The normalized spacial score (nSPS) is 10.6. The van der Waals surface area contributed by atoms with Crippen LogP contribution >= 0.6 is 15.9 Å². The van der Waals surface area contributed by atoms with Gasteiger partial charge in [0.1, 0.15) is 12.3 Å². The number of anilines is 1. The third-order valence-electron chi connectivity index (χ3n) is 4.18. The van der Waals surface area contributed by atoms with Gasteiger partial charge in [-0.15, -0.1) is 0 Å². The molecule has 0 aliphatic carbocycles. The summed E-state index contributed by atoms with van der Waals surface area (Å²) < 4.78 is 8.02. The Balaban J connectivity index is 1.55. The van der Waals surface area contributed by atoms with Gasteiger partial charge in [-0.3, -0.25) is 9.59 Å². The molecule has 2 N–H and O–H groups in total. The van der Waals surface area contributed by atoms with Crippen LogP contribution in [0.15, 0.2) is 53.1 Å². The van der Waals surface area contributed by atoms with Crippen LogP contribution in [0, 0.1) is 6.92 Å². The van der Waals surface area contributed by atoms with E-state index < -0.39 is 0 Å². The Kier molecular flexibility index (Phi) is 5.81. The summed E-state index contributed by atoms with van der Waals surface area (Å²) in [6.45, 7) is 2.00. The Hall–Kier alpha value is -2.80. The number of nitrogens with zero attached hydrogens (tertiary/aromatic N) is 1. The van der Waals surface area contributed by atoms with Crippen LogP contribution in [0.25, 0.3) is 10.9 Å². The van der Waals surface area contributed by atoms with Crippen molar-refractivity contribution in [3.63, 3.8) is 0 Å². The quantitative estimate of drug-likeness (QED) is 0.629. The number of hydrogen-bond donors (Lipinski definition) is 2. The van der Waals surface area contributed by atoms with E-state index >= 15 is 0 Å². The number of hydrogen-bond acceptors (Lipinski definition) is 3. The zero-order chi connectivity index (χ0) is 19.4. The fourth-order valence-electron chi connectivity index (χ4n) is 2.76. The lowest BCUT2D eigenvalue weighted by atomic mass is 10.2. The van der Waals surface area contributed by atoms with Crippen molar-refractivity contribution in [1.82, 2.24) is 9.88 Å². The minimum Gasteiger partial charge on any atom is -0.497 e. The second-order valence-corrected chi connectivity index (χ2v) is 7.01. The summed E-state index contributed by atoms with van der Waals surface area (Å²) in [6, 6.07) is 13.1. The fourth-order valence-corrected chi connectivity index (χ4v) is 3.01. The second-order valence-electron chi connectivity index (χ2n) is 6.16. The lowest BCUT2D eigenvalue weighted by Crippen LogP contribution is -2.34. The van der Waals surface area contributed by atoms with E-state index in [1.54, 1.807) is 13.2 Å². The molecule has 1 heterocycles. The first-order valence-corrected chi connectivity index (χ1v) is 9.21. The fraction of sp³-hybridized carbons (Fsp3) is 0.200. The number of ether oxygens (including phenoxy) is 1. The van der Waals surface area contributed by atoms with Gasteiger partial charge in [0.05, 0.1) is 13.7 Å². The zero-order valence-electron chi connectivity index (χ0n) is 15.1. The largest absolute Gasteiger partial charge is 0.497 e. The molecule has 0 saturated heterocycles. The highest BCUT2D eigenvalue weighted by Crippen LogP contribution is 2.22. The third kappa shape index (κ3) is 4.68. The molecule has 3 aromatic rings. The van der Waals surface area contributed by atoms with Crippen molar-refractivity contribution in [3.8, 4) is 5.75 Å². The molecule has 0 atom stereocenters. The monoisotopic (exact) mass is 429 g/mol. The maximum absolute atomic E-state index is 12.2. The molecule has 0 fully saturated rings. The van der Waals surface area contributed by atoms with E-state index in [9.17, 15) is 9.59 Å². The van der Waals surface area contributed by atoms with Gasteiger partial charge in [-0.2, -0.15) is 0 Å². The summed E-state index contributed by atoms with van der Waals surface area (Å²) in [6.07, 6.45) is 1.84. The SMILES string of the molecule is COc1ccc2c(ccn2CC(=O)NCC(=O)Nc2ccc(Br)c(C)c2)c1. The number of halogens is 1. The highest BCUT2D eigenvalue weighted by Gasteiger charge is 2.09. The molecule has 6 nitrogen and oxygen atoms in total. The standard InChI is InChI=1S/C20H20BrN3O3/c1-13-9-15(3-5-17(13)21)23-19(25)11-22-20(26)12-24-8-7-14-10-16(27-2)4-6-18(14)24/h3-10H,11-12H2,1-2H3,(H,22,26)(H,23,25). The van der Waals surface area contributed by atoms with Crippen molar-refractivity contribution < 1.29 is 14.3 Å². The van der Waals surface area contributed by atoms with Crippen molar-refractivity contribution in [2.45, 2.75) is 13.5 Å². The van der Waals surface area contributed by atoms with Crippen LogP contribution in [-0.4, -0.2) is 30.0 Å². The van der Waals surface area contributed by atoms with Crippen molar-refractivity contribution in [2.24, 2.45) is 0 Å². The Morgan fingerprint density at radius 1 is 1.11 bits per heavy atom. The molecular formula is C20H20BrN3O3. The van der Waals surface area contributed by atoms with Crippen LogP contribution in [0.5, 0.6) is 5.75 Å². The molecule has 27 heavy (non-hydrogen) atoms. The number of methoxy groups -OCH3 is 1. The first-order chi connectivity index (χ1) is 13.0. The van der Waals surface area contributed by atoms with Crippen LogP contribution in [-0.2, 0) is 16.1 Å². The molecule has 0 radical (unpaired) electrons. The van der Waals surface area contributed by atoms with Gasteiger partial charge in [0.25, 0.3) is 0 Å². The molecule has 0 aliphatic heterocycles. The maximum atomic E-state index is 12.2. The average Bonchev–Trinajstić information content (AvgIpc) is 3.05. The van der Waals surface area contributed by atoms with Crippen LogP contribution in [0.2, 0.25) is 0 Å². The summed E-state index contributed by atoms with van der Waals surface area (Å²) in [4.78, 5) is 24.2. The summed E-state index contributed by atoms with van der Waals surface area (Å²) in [7, 11) is 1.62. The lowest BCUT2D eigenvalue weighted by molar-refractivity contribution is -0.124. The van der Waals surface area contributed by atoms with Gasteiger partial charge in [-0.1, -0.05) is 15.9 Å². The predicted octanol–water partition coefficient (Wildman–Crippen LogP) is 3.48. The molecular weight excluding hydrogens is 410 g/mol. The number of rotatable bonds is 6. The van der Waals surface area contributed by atoms with Crippen LogP contribution in [0.3, 0.4) is 0 Å². The predicted molar refractivity (Wildman–Crippen MR) is 109 cm³/mol.